The number of fused-ring (bicyclic) bond motifs is 1. The first-order chi connectivity index (χ1) is 13.6. The van der Waals surface area contributed by atoms with Crippen LogP contribution >= 0.6 is 0 Å². The molecular weight excluding hydrogens is 348 g/mol. The average molecular weight is 368 g/mol. The van der Waals surface area contributed by atoms with Crippen LogP contribution in [0.1, 0.15) is 5.69 Å². The lowest BCUT2D eigenvalue weighted by Crippen LogP contribution is -2.19. The van der Waals surface area contributed by atoms with Crippen molar-refractivity contribution in [1.82, 2.24) is 4.98 Å². The summed E-state index contributed by atoms with van der Waals surface area (Å²) in [4.78, 5) is 16.8. The molecule has 4 N–H and O–H groups in total. The van der Waals surface area contributed by atoms with Gasteiger partial charge in [-0.3, -0.25) is 4.98 Å². The van der Waals surface area contributed by atoms with Gasteiger partial charge in [-0.2, -0.15) is 0 Å². The highest BCUT2D eigenvalue weighted by molar-refractivity contribution is 6.02. The van der Waals surface area contributed by atoms with Crippen LogP contribution in [0.25, 0.3) is 22.0 Å². The van der Waals surface area contributed by atoms with Crippen molar-refractivity contribution in [2.75, 3.05) is 16.4 Å². The molecule has 0 spiro atoms. The molecule has 138 valence electrons. The number of nitrogens with zero attached hydrogens (tertiary/aromatic N) is 1. The molecular formula is C23H20N4O. The van der Waals surface area contributed by atoms with Crippen molar-refractivity contribution in [3.05, 3.63) is 84.6 Å². The summed E-state index contributed by atoms with van der Waals surface area (Å²) in [5, 5.41) is 6.50. The summed E-state index contributed by atoms with van der Waals surface area (Å²) in [7, 11) is 0. The van der Waals surface area contributed by atoms with Gasteiger partial charge < -0.3 is 16.4 Å². The molecule has 4 rings (SSSR count). The highest BCUT2D eigenvalue weighted by atomic mass is 16.2. The molecule has 5 heteroatoms. The lowest BCUT2D eigenvalue weighted by atomic mass is 10.1. The van der Waals surface area contributed by atoms with E-state index in [0.29, 0.717) is 11.4 Å². The average Bonchev–Trinajstić information content (AvgIpc) is 2.69. The Kier molecular flexibility index (Phi) is 4.64. The number of anilines is 3. The number of aryl methyl sites for hydroxylation is 1. The molecule has 0 aliphatic heterocycles. The third-order valence-electron chi connectivity index (χ3n) is 4.48. The number of amides is 2. The van der Waals surface area contributed by atoms with Gasteiger partial charge in [0.05, 0.1) is 5.52 Å². The maximum absolute atomic E-state index is 12.3. The maximum atomic E-state index is 12.3. The number of rotatable bonds is 3. The van der Waals surface area contributed by atoms with E-state index in [4.69, 9.17) is 5.73 Å². The van der Waals surface area contributed by atoms with Crippen molar-refractivity contribution in [1.29, 1.82) is 0 Å². The molecule has 0 unspecified atom stereocenters. The fraction of sp³-hybridized carbons (Fsp3) is 0.0435. The second kappa shape index (κ2) is 7.40. The Labute approximate surface area is 163 Å². The number of nitrogen functional groups attached to an aromatic ring is 1. The molecule has 0 fully saturated rings. The predicted molar refractivity (Wildman–Crippen MR) is 115 cm³/mol. The maximum Gasteiger partial charge on any atom is 0.323 e. The molecule has 0 aliphatic carbocycles. The van der Waals surface area contributed by atoms with Gasteiger partial charge in [-0.15, -0.1) is 0 Å². The Hall–Kier alpha value is -3.86. The minimum atomic E-state index is -0.314. The van der Waals surface area contributed by atoms with Gasteiger partial charge in [-0.05, 0) is 54.4 Å². The number of nitrogens with two attached hydrogens (primary N) is 1. The second-order valence-corrected chi connectivity index (χ2v) is 6.61. The lowest BCUT2D eigenvalue weighted by molar-refractivity contribution is 0.262. The number of aromatic nitrogens is 1. The van der Waals surface area contributed by atoms with Gasteiger partial charge in [0.15, 0.2) is 0 Å². The van der Waals surface area contributed by atoms with Gasteiger partial charge in [0.2, 0.25) is 0 Å². The van der Waals surface area contributed by atoms with Crippen LogP contribution < -0.4 is 16.4 Å². The standard InChI is InChI=1S/C23H20N4O/c1-15-13-21(24)20-14-19(11-12-22(20)25-15)27-23(28)26-18-9-7-17(8-10-18)16-5-3-2-4-6-16/h2-14H,1H3,(H2,24,25)(H2,26,27,28). The molecule has 1 heterocycles. The highest BCUT2D eigenvalue weighted by Gasteiger charge is 2.07. The number of hydrogen-bond donors (Lipinski definition) is 3. The van der Waals surface area contributed by atoms with E-state index < -0.39 is 0 Å². The van der Waals surface area contributed by atoms with Crippen molar-refractivity contribution in [3.8, 4) is 11.1 Å². The predicted octanol–water partition coefficient (Wildman–Crippen LogP) is 5.44. The number of benzene rings is 3. The first-order valence-electron chi connectivity index (χ1n) is 8.99. The fourth-order valence-corrected chi connectivity index (χ4v) is 3.14. The number of carbonyl (C=O) groups is 1. The van der Waals surface area contributed by atoms with Crippen molar-refractivity contribution in [2.24, 2.45) is 0 Å². The van der Waals surface area contributed by atoms with Crippen LogP contribution in [0.5, 0.6) is 0 Å². The van der Waals surface area contributed by atoms with Crippen LogP contribution in [0.3, 0.4) is 0 Å². The Bertz CT molecular complexity index is 1140. The molecule has 1 aromatic heterocycles. The van der Waals surface area contributed by atoms with E-state index in [1.54, 1.807) is 0 Å². The van der Waals surface area contributed by atoms with E-state index in [9.17, 15) is 4.79 Å². The van der Waals surface area contributed by atoms with Gasteiger partial charge in [0.1, 0.15) is 0 Å². The minimum Gasteiger partial charge on any atom is -0.398 e. The SMILES string of the molecule is Cc1cc(N)c2cc(NC(=O)Nc3ccc(-c4ccccc4)cc3)ccc2n1. The number of nitrogens with one attached hydrogen (secondary N) is 2. The summed E-state index contributed by atoms with van der Waals surface area (Å²) >= 11 is 0. The van der Waals surface area contributed by atoms with Gasteiger partial charge in [0.25, 0.3) is 0 Å². The molecule has 3 aromatic carbocycles. The zero-order valence-electron chi connectivity index (χ0n) is 15.4. The molecule has 28 heavy (non-hydrogen) atoms. The van der Waals surface area contributed by atoms with E-state index in [-0.39, 0.29) is 6.03 Å². The molecule has 5 nitrogen and oxygen atoms in total. The summed E-state index contributed by atoms with van der Waals surface area (Å²) in [5.41, 5.74) is 12.0. The second-order valence-electron chi connectivity index (χ2n) is 6.61. The van der Waals surface area contributed by atoms with Gasteiger partial charge >= 0.3 is 6.03 Å². The summed E-state index contributed by atoms with van der Waals surface area (Å²) in [6.45, 7) is 1.90. The van der Waals surface area contributed by atoms with Crippen molar-refractivity contribution in [2.45, 2.75) is 6.92 Å². The largest absolute Gasteiger partial charge is 0.398 e. The number of urea groups is 1. The van der Waals surface area contributed by atoms with Crippen LogP contribution in [0.15, 0.2) is 78.9 Å². The Morgan fingerprint density at radius 2 is 1.46 bits per heavy atom. The molecule has 0 saturated carbocycles. The fourth-order valence-electron chi connectivity index (χ4n) is 3.14. The van der Waals surface area contributed by atoms with Crippen molar-refractivity contribution >= 4 is 34.0 Å². The normalized spacial score (nSPS) is 10.6. The quantitative estimate of drug-likeness (QED) is 0.451. The zero-order valence-corrected chi connectivity index (χ0v) is 15.4. The first-order valence-corrected chi connectivity index (χ1v) is 8.99. The van der Waals surface area contributed by atoms with Crippen LogP contribution in [0.4, 0.5) is 21.9 Å². The van der Waals surface area contributed by atoms with Gasteiger partial charge in [0, 0.05) is 28.1 Å². The Morgan fingerprint density at radius 1 is 0.821 bits per heavy atom. The molecule has 2 amide bonds. The topological polar surface area (TPSA) is 80.0 Å². The zero-order chi connectivity index (χ0) is 19.5. The van der Waals surface area contributed by atoms with Gasteiger partial charge in [-0.1, -0.05) is 42.5 Å². The van der Waals surface area contributed by atoms with E-state index in [2.05, 4.69) is 27.8 Å². The third-order valence-corrected chi connectivity index (χ3v) is 4.48. The van der Waals surface area contributed by atoms with Crippen molar-refractivity contribution in [3.63, 3.8) is 0 Å². The van der Waals surface area contributed by atoms with Crippen molar-refractivity contribution < 1.29 is 4.79 Å². The van der Waals surface area contributed by atoms with E-state index in [1.807, 2.05) is 73.7 Å². The molecule has 0 aliphatic rings. The molecule has 0 radical (unpaired) electrons. The van der Waals surface area contributed by atoms with E-state index in [0.717, 1.165) is 33.4 Å². The molecule has 0 atom stereocenters. The third kappa shape index (κ3) is 3.78. The van der Waals surface area contributed by atoms with Crippen LogP contribution in [0.2, 0.25) is 0 Å². The summed E-state index contributed by atoms with van der Waals surface area (Å²) in [6, 6.07) is 24.8. The number of carbonyl (C=O) groups excluding carboxylic acids is 1. The number of hydrogen-bond acceptors (Lipinski definition) is 3. The summed E-state index contributed by atoms with van der Waals surface area (Å²) < 4.78 is 0. The summed E-state index contributed by atoms with van der Waals surface area (Å²) in [6.07, 6.45) is 0. The van der Waals surface area contributed by atoms with E-state index >= 15 is 0 Å². The smallest absolute Gasteiger partial charge is 0.323 e. The Balaban J connectivity index is 1.46. The molecule has 0 saturated heterocycles. The summed E-state index contributed by atoms with van der Waals surface area (Å²) in [5.74, 6) is 0. The van der Waals surface area contributed by atoms with Gasteiger partial charge in [-0.25, -0.2) is 4.79 Å². The molecule has 0 bridgehead atoms. The minimum absolute atomic E-state index is 0.314. The number of pyridine rings is 1. The van der Waals surface area contributed by atoms with E-state index in [1.165, 1.54) is 0 Å². The Morgan fingerprint density at radius 3 is 2.21 bits per heavy atom. The molecule has 4 aromatic rings. The lowest BCUT2D eigenvalue weighted by Gasteiger charge is -2.10. The van der Waals surface area contributed by atoms with Crippen LogP contribution in [0, 0.1) is 6.92 Å². The highest BCUT2D eigenvalue weighted by Crippen LogP contribution is 2.24. The van der Waals surface area contributed by atoms with Crippen LogP contribution in [-0.2, 0) is 0 Å². The van der Waals surface area contributed by atoms with Crippen LogP contribution in [-0.4, -0.2) is 11.0 Å². The first kappa shape index (κ1) is 17.5. The monoisotopic (exact) mass is 368 g/mol.